The van der Waals surface area contributed by atoms with Crippen LogP contribution < -0.4 is 20.3 Å². The van der Waals surface area contributed by atoms with E-state index in [0.717, 1.165) is 30.1 Å². The first-order valence-corrected chi connectivity index (χ1v) is 9.50. The second kappa shape index (κ2) is 6.67. The van der Waals surface area contributed by atoms with Gasteiger partial charge in [-0.1, -0.05) is 0 Å². The van der Waals surface area contributed by atoms with Crippen molar-refractivity contribution in [1.82, 2.24) is 14.6 Å². The van der Waals surface area contributed by atoms with Crippen LogP contribution in [0.4, 0.5) is 23.0 Å². The van der Waals surface area contributed by atoms with Crippen LogP contribution in [0.2, 0.25) is 0 Å². The van der Waals surface area contributed by atoms with Gasteiger partial charge in [0.1, 0.15) is 35.6 Å². The van der Waals surface area contributed by atoms with Crippen molar-refractivity contribution in [2.45, 2.75) is 25.8 Å². The zero-order valence-electron chi connectivity index (χ0n) is 15.8. The summed E-state index contributed by atoms with van der Waals surface area (Å²) in [5, 5.41) is 20.1. The number of nitrogens with zero attached hydrogens (tertiary/aromatic N) is 5. The molecular formula is C20H19N7O2. The maximum absolute atomic E-state index is 11.5. The molecule has 0 unspecified atom stereocenters. The van der Waals surface area contributed by atoms with Crippen LogP contribution in [-0.4, -0.2) is 39.7 Å². The Morgan fingerprint density at radius 3 is 2.97 bits per heavy atom. The highest BCUT2D eigenvalue weighted by Crippen LogP contribution is 2.39. The summed E-state index contributed by atoms with van der Waals surface area (Å²) in [5.74, 6) is 2.08. The standard InChI is InChI=1S/C20H19N7O2/c1-12(28)23-15-4-5-17-16(8-15)26(6-7-29-17)18-9-19(24-14-2-3-14)27-20(25-18)13(10-21)11-22-27/h4-5,8-9,11,14,24H,2-3,6-7H2,1H3,(H,23,28). The van der Waals surface area contributed by atoms with Gasteiger partial charge in [-0.3, -0.25) is 4.79 Å². The number of nitrogens with one attached hydrogen (secondary N) is 2. The Bertz CT molecular complexity index is 1160. The Kier molecular flexibility index (Phi) is 3.98. The Balaban J connectivity index is 1.62. The molecule has 1 aliphatic heterocycles. The molecule has 1 fully saturated rings. The summed E-state index contributed by atoms with van der Waals surface area (Å²) in [6, 6.07) is 10.1. The third kappa shape index (κ3) is 3.18. The predicted octanol–water partition coefficient (Wildman–Crippen LogP) is 2.66. The van der Waals surface area contributed by atoms with Crippen molar-refractivity contribution in [2.75, 3.05) is 28.7 Å². The number of benzene rings is 1. The maximum atomic E-state index is 11.5. The van der Waals surface area contributed by atoms with Crippen LogP contribution in [0.5, 0.6) is 5.75 Å². The SMILES string of the molecule is CC(=O)Nc1ccc2c(c1)N(c1cc(NC3CC3)n3ncc(C#N)c3n1)CCO2. The first-order chi connectivity index (χ1) is 14.1. The largest absolute Gasteiger partial charge is 0.490 e. The highest BCUT2D eigenvalue weighted by Gasteiger charge is 2.26. The third-order valence-corrected chi connectivity index (χ3v) is 4.93. The molecule has 2 aromatic heterocycles. The number of carbonyl (C=O) groups excluding carboxylic acids is 1. The van der Waals surface area contributed by atoms with Crippen molar-refractivity contribution in [3.8, 4) is 11.8 Å². The van der Waals surface area contributed by atoms with Gasteiger partial charge in [-0.25, -0.2) is 4.98 Å². The van der Waals surface area contributed by atoms with Gasteiger partial charge in [0.05, 0.1) is 18.4 Å². The van der Waals surface area contributed by atoms with Gasteiger partial charge >= 0.3 is 0 Å². The third-order valence-electron chi connectivity index (χ3n) is 4.93. The van der Waals surface area contributed by atoms with Crippen LogP contribution in [0.15, 0.2) is 30.5 Å². The number of aromatic nitrogens is 3. The zero-order valence-corrected chi connectivity index (χ0v) is 15.8. The summed E-state index contributed by atoms with van der Waals surface area (Å²) in [7, 11) is 0. The topological polar surface area (TPSA) is 108 Å². The fraction of sp³-hybridized carbons (Fsp3) is 0.300. The number of anilines is 4. The molecule has 0 radical (unpaired) electrons. The van der Waals surface area contributed by atoms with Crippen molar-refractivity contribution in [1.29, 1.82) is 5.26 Å². The number of ether oxygens (including phenoxy) is 1. The molecule has 146 valence electrons. The van der Waals surface area contributed by atoms with E-state index in [1.807, 2.05) is 29.2 Å². The molecule has 3 heterocycles. The Labute approximate surface area is 166 Å². The lowest BCUT2D eigenvalue weighted by Crippen LogP contribution is -2.29. The number of fused-ring (bicyclic) bond motifs is 2. The van der Waals surface area contributed by atoms with E-state index in [-0.39, 0.29) is 5.91 Å². The van der Waals surface area contributed by atoms with Crippen molar-refractivity contribution in [3.05, 3.63) is 36.0 Å². The molecule has 1 saturated carbocycles. The van der Waals surface area contributed by atoms with Gasteiger partial charge in [0.2, 0.25) is 5.91 Å². The van der Waals surface area contributed by atoms with Gasteiger partial charge in [0, 0.05) is 24.7 Å². The van der Waals surface area contributed by atoms with Gasteiger partial charge in [0.25, 0.3) is 0 Å². The van der Waals surface area contributed by atoms with E-state index in [0.29, 0.717) is 41.9 Å². The molecule has 1 amide bonds. The summed E-state index contributed by atoms with van der Waals surface area (Å²) < 4.78 is 7.47. The molecule has 0 saturated heterocycles. The highest BCUT2D eigenvalue weighted by molar-refractivity contribution is 5.90. The molecule has 3 aromatic rings. The lowest BCUT2D eigenvalue weighted by atomic mass is 10.2. The van der Waals surface area contributed by atoms with Crippen molar-refractivity contribution in [3.63, 3.8) is 0 Å². The molecule has 0 spiro atoms. The van der Waals surface area contributed by atoms with Crippen molar-refractivity contribution < 1.29 is 9.53 Å². The maximum Gasteiger partial charge on any atom is 0.221 e. The van der Waals surface area contributed by atoms with Gasteiger partial charge < -0.3 is 20.3 Å². The van der Waals surface area contributed by atoms with E-state index in [9.17, 15) is 10.1 Å². The van der Waals surface area contributed by atoms with Crippen LogP contribution in [-0.2, 0) is 4.79 Å². The normalized spacial score (nSPS) is 15.4. The molecule has 9 heteroatoms. The fourth-order valence-electron chi connectivity index (χ4n) is 3.44. The van der Waals surface area contributed by atoms with Gasteiger partial charge in [-0.15, -0.1) is 0 Å². The molecule has 2 aliphatic rings. The van der Waals surface area contributed by atoms with Crippen LogP contribution >= 0.6 is 0 Å². The monoisotopic (exact) mass is 389 g/mol. The number of rotatable bonds is 4. The smallest absolute Gasteiger partial charge is 0.221 e. The summed E-state index contributed by atoms with van der Waals surface area (Å²) in [6.45, 7) is 2.58. The van der Waals surface area contributed by atoms with E-state index >= 15 is 0 Å². The average Bonchev–Trinajstić information content (AvgIpc) is 3.43. The van der Waals surface area contributed by atoms with E-state index in [4.69, 9.17) is 9.72 Å². The van der Waals surface area contributed by atoms with Crippen LogP contribution in [0.25, 0.3) is 5.65 Å². The molecule has 0 bridgehead atoms. The molecule has 5 rings (SSSR count). The van der Waals surface area contributed by atoms with Crippen molar-refractivity contribution in [2.24, 2.45) is 0 Å². The molecular weight excluding hydrogens is 370 g/mol. The molecule has 0 atom stereocenters. The van der Waals surface area contributed by atoms with Crippen LogP contribution in [0.3, 0.4) is 0 Å². The Hall–Kier alpha value is -3.80. The Morgan fingerprint density at radius 2 is 2.21 bits per heavy atom. The molecule has 1 aromatic carbocycles. The minimum absolute atomic E-state index is 0.137. The summed E-state index contributed by atoms with van der Waals surface area (Å²) >= 11 is 0. The summed E-state index contributed by atoms with van der Waals surface area (Å²) in [6.07, 6.45) is 3.77. The van der Waals surface area contributed by atoms with E-state index in [1.54, 1.807) is 4.52 Å². The fourth-order valence-corrected chi connectivity index (χ4v) is 3.44. The zero-order chi connectivity index (χ0) is 20.0. The molecule has 1 aliphatic carbocycles. The van der Waals surface area contributed by atoms with E-state index < -0.39 is 0 Å². The van der Waals surface area contributed by atoms with Gasteiger partial charge in [-0.2, -0.15) is 14.9 Å². The van der Waals surface area contributed by atoms with Gasteiger partial charge in [0.15, 0.2) is 5.65 Å². The summed E-state index contributed by atoms with van der Waals surface area (Å²) in [5.41, 5.74) is 2.44. The van der Waals surface area contributed by atoms with Crippen LogP contribution in [0, 0.1) is 11.3 Å². The van der Waals surface area contributed by atoms with Crippen molar-refractivity contribution >= 4 is 34.6 Å². The number of amides is 1. The lowest BCUT2D eigenvalue weighted by molar-refractivity contribution is -0.114. The second-order valence-corrected chi connectivity index (χ2v) is 7.19. The lowest BCUT2D eigenvalue weighted by Gasteiger charge is -2.31. The van der Waals surface area contributed by atoms with E-state index in [2.05, 4.69) is 21.8 Å². The van der Waals surface area contributed by atoms with Gasteiger partial charge in [-0.05, 0) is 31.0 Å². The summed E-state index contributed by atoms with van der Waals surface area (Å²) in [4.78, 5) is 18.2. The average molecular weight is 389 g/mol. The number of nitriles is 1. The quantitative estimate of drug-likeness (QED) is 0.706. The number of hydrogen-bond acceptors (Lipinski definition) is 7. The van der Waals surface area contributed by atoms with Crippen LogP contribution in [0.1, 0.15) is 25.3 Å². The first-order valence-electron chi connectivity index (χ1n) is 9.50. The number of hydrogen-bond donors (Lipinski definition) is 2. The predicted molar refractivity (Wildman–Crippen MR) is 108 cm³/mol. The minimum atomic E-state index is -0.137. The molecule has 2 N–H and O–H groups in total. The molecule has 29 heavy (non-hydrogen) atoms. The highest BCUT2D eigenvalue weighted by atomic mass is 16.5. The Morgan fingerprint density at radius 1 is 1.34 bits per heavy atom. The minimum Gasteiger partial charge on any atom is -0.490 e. The second-order valence-electron chi connectivity index (χ2n) is 7.19. The van der Waals surface area contributed by atoms with E-state index in [1.165, 1.54) is 13.1 Å². The molecule has 9 nitrogen and oxygen atoms in total. The number of carbonyl (C=O) groups is 1. The first kappa shape index (κ1) is 17.3.